The van der Waals surface area contributed by atoms with Crippen molar-refractivity contribution in [2.75, 3.05) is 13.1 Å². The van der Waals surface area contributed by atoms with Crippen molar-refractivity contribution in [3.8, 4) is 0 Å². The molecule has 0 aromatic carbocycles. The summed E-state index contributed by atoms with van der Waals surface area (Å²) in [4.78, 5) is 13.1. The molecule has 0 saturated carbocycles. The Balaban J connectivity index is 1.97. The molecule has 1 aliphatic rings. The van der Waals surface area contributed by atoms with Gasteiger partial charge in [-0.15, -0.1) is 0 Å². The highest BCUT2D eigenvalue weighted by Gasteiger charge is 2.16. The SMILES string of the molecule is c1cnc2nc(C3CCCNC3)ccc2n1. The smallest absolute Gasteiger partial charge is 0.178 e. The third-order valence-electron chi connectivity index (χ3n) is 3.07. The number of pyridine rings is 1. The van der Waals surface area contributed by atoms with Crippen LogP contribution in [-0.4, -0.2) is 28.0 Å². The zero-order valence-electron chi connectivity index (χ0n) is 9.06. The van der Waals surface area contributed by atoms with Crippen LogP contribution in [0.3, 0.4) is 0 Å². The highest BCUT2D eigenvalue weighted by atomic mass is 14.9. The second-order valence-electron chi connectivity index (χ2n) is 4.18. The molecule has 1 unspecified atom stereocenters. The Labute approximate surface area is 94.1 Å². The molecular weight excluding hydrogens is 200 g/mol. The molecule has 2 aromatic heterocycles. The lowest BCUT2D eigenvalue weighted by molar-refractivity contribution is 0.455. The summed E-state index contributed by atoms with van der Waals surface area (Å²) >= 11 is 0. The van der Waals surface area contributed by atoms with Gasteiger partial charge in [0, 0.05) is 30.6 Å². The van der Waals surface area contributed by atoms with Crippen molar-refractivity contribution in [2.45, 2.75) is 18.8 Å². The summed E-state index contributed by atoms with van der Waals surface area (Å²) < 4.78 is 0. The Morgan fingerprint density at radius 1 is 1.19 bits per heavy atom. The van der Waals surface area contributed by atoms with E-state index in [4.69, 9.17) is 0 Å². The van der Waals surface area contributed by atoms with Crippen LogP contribution in [0.2, 0.25) is 0 Å². The van der Waals surface area contributed by atoms with Gasteiger partial charge in [0.05, 0.1) is 0 Å². The second-order valence-corrected chi connectivity index (χ2v) is 4.18. The molecule has 1 aliphatic heterocycles. The van der Waals surface area contributed by atoms with Crippen molar-refractivity contribution in [1.29, 1.82) is 0 Å². The lowest BCUT2D eigenvalue weighted by Gasteiger charge is -2.22. The fraction of sp³-hybridized carbons (Fsp3) is 0.417. The minimum atomic E-state index is 0.528. The van der Waals surface area contributed by atoms with Crippen molar-refractivity contribution in [3.63, 3.8) is 0 Å². The summed E-state index contributed by atoms with van der Waals surface area (Å²) in [7, 11) is 0. The summed E-state index contributed by atoms with van der Waals surface area (Å²) in [6.45, 7) is 2.16. The molecule has 1 saturated heterocycles. The minimum absolute atomic E-state index is 0.528. The van der Waals surface area contributed by atoms with Gasteiger partial charge in [0.15, 0.2) is 5.65 Å². The van der Waals surface area contributed by atoms with Gasteiger partial charge in [-0.25, -0.2) is 9.97 Å². The number of hydrogen-bond donors (Lipinski definition) is 1. The molecule has 4 heteroatoms. The zero-order valence-corrected chi connectivity index (χ0v) is 9.06. The zero-order chi connectivity index (χ0) is 10.8. The maximum absolute atomic E-state index is 4.59. The Hall–Kier alpha value is -1.55. The lowest BCUT2D eigenvalue weighted by atomic mass is 9.96. The van der Waals surface area contributed by atoms with E-state index in [-0.39, 0.29) is 0 Å². The van der Waals surface area contributed by atoms with Gasteiger partial charge in [0.2, 0.25) is 0 Å². The molecule has 0 radical (unpaired) electrons. The molecule has 1 fully saturated rings. The molecule has 16 heavy (non-hydrogen) atoms. The molecule has 82 valence electrons. The molecule has 0 amide bonds. The lowest BCUT2D eigenvalue weighted by Crippen LogP contribution is -2.28. The average molecular weight is 214 g/mol. The largest absolute Gasteiger partial charge is 0.316 e. The molecule has 2 aromatic rings. The fourth-order valence-electron chi connectivity index (χ4n) is 2.20. The van der Waals surface area contributed by atoms with Crippen LogP contribution in [0.15, 0.2) is 24.5 Å². The molecular formula is C12H14N4. The summed E-state index contributed by atoms with van der Waals surface area (Å²) in [6.07, 6.45) is 5.83. The first kappa shape index (κ1) is 9.66. The van der Waals surface area contributed by atoms with Gasteiger partial charge in [0.1, 0.15) is 5.52 Å². The van der Waals surface area contributed by atoms with E-state index in [9.17, 15) is 0 Å². The van der Waals surface area contributed by atoms with E-state index >= 15 is 0 Å². The summed E-state index contributed by atoms with van der Waals surface area (Å²) in [5.74, 6) is 0.528. The number of hydrogen-bond acceptors (Lipinski definition) is 4. The van der Waals surface area contributed by atoms with Crippen LogP contribution in [0.25, 0.3) is 11.2 Å². The first-order valence-electron chi connectivity index (χ1n) is 5.72. The molecule has 4 nitrogen and oxygen atoms in total. The Morgan fingerprint density at radius 2 is 2.12 bits per heavy atom. The van der Waals surface area contributed by atoms with Crippen molar-refractivity contribution >= 4 is 11.2 Å². The van der Waals surface area contributed by atoms with Crippen LogP contribution < -0.4 is 5.32 Å². The van der Waals surface area contributed by atoms with E-state index in [2.05, 4.69) is 26.3 Å². The fourth-order valence-corrected chi connectivity index (χ4v) is 2.20. The van der Waals surface area contributed by atoms with Crippen LogP contribution in [0.1, 0.15) is 24.5 Å². The van der Waals surface area contributed by atoms with E-state index < -0.39 is 0 Å². The number of nitrogens with zero attached hydrogens (tertiary/aromatic N) is 3. The maximum Gasteiger partial charge on any atom is 0.178 e. The van der Waals surface area contributed by atoms with Crippen LogP contribution >= 0.6 is 0 Å². The minimum Gasteiger partial charge on any atom is -0.316 e. The van der Waals surface area contributed by atoms with Crippen LogP contribution in [0.4, 0.5) is 0 Å². The number of nitrogens with one attached hydrogen (secondary N) is 1. The highest BCUT2D eigenvalue weighted by Crippen LogP contribution is 2.22. The van der Waals surface area contributed by atoms with Crippen LogP contribution in [0, 0.1) is 0 Å². The first-order valence-corrected chi connectivity index (χ1v) is 5.72. The number of piperidine rings is 1. The van der Waals surface area contributed by atoms with Crippen molar-refractivity contribution in [2.24, 2.45) is 0 Å². The van der Waals surface area contributed by atoms with Gasteiger partial charge in [-0.2, -0.15) is 0 Å². The number of aromatic nitrogens is 3. The predicted octanol–water partition coefficient (Wildman–Crippen LogP) is 1.49. The molecule has 3 rings (SSSR count). The van der Waals surface area contributed by atoms with Gasteiger partial charge in [0.25, 0.3) is 0 Å². The summed E-state index contributed by atoms with van der Waals surface area (Å²) in [5.41, 5.74) is 2.76. The summed E-state index contributed by atoms with van der Waals surface area (Å²) in [6, 6.07) is 4.09. The van der Waals surface area contributed by atoms with Crippen LogP contribution in [0.5, 0.6) is 0 Å². The highest BCUT2D eigenvalue weighted by molar-refractivity contribution is 5.68. The molecule has 3 heterocycles. The van der Waals surface area contributed by atoms with Gasteiger partial charge < -0.3 is 5.32 Å². The van der Waals surface area contributed by atoms with Crippen molar-refractivity contribution in [3.05, 3.63) is 30.2 Å². The van der Waals surface area contributed by atoms with Gasteiger partial charge in [-0.3, -0.25) is 4.98 Å². The molecule has 1 atom stereocenters. The quantitative estimate of drug-likeness (QED) is 0.781. The first-order chi connectivity index (χ1) is 7.93. The Bertz CT molecular complexity index is 491. The summed E-state index contributed by atoms with van der Waals surface area (Å²) in [5, 5.41) is 3.41. The van der Waals surface area contributed by atoms with E-state index in [1.807, 2.05) is 6.07 Å². The molecule has 0 spiro atoms. The standard InChI is InChI=1S/C12H14N4/c1-2-9(8-13-5-1)10-3-4-11-12(16-10)15-7-6-14-11/h3-4,6-7,9,13H,1-2,5,8H2. The van der Waals surface area contributed by atoms with E-state index in [0.717, 1.165) is 29.9 Å². The number of rotatable bonds is 1. The Kier molecular flexibility index (Phi) is 2.50. The Morgan fingerprint density at radius 3 is 3.00 bits per heavy atom. The molecule has 0 bridgehead atoms. The van der Waals surface area contributed by atoms with E-state index in [1.54, 1.807) is 12.4 Å². The van der Waals surface area contributed by atoms with E-state index in [1.165, 1.54) is 12.8 Å². The normalized spacial score (nSPS) is 21.1. The third-order valence-corrected chi connectivity index (χ3v) is 3.07. The molecule has 0 aliphatic carbocycles. The predicted molar refractivity (Wildman–Crippen MR) is 62.2 cm³/mol. The van der Waals surface area contributed by atoms with Crippen LogP contribution in [-0.2, 0) is 0 Å². The topological polar surface area (TPSA) is 50.7 Å². The molecule has 1 N–H and O–H groups in total. The van der Waals surface area contributed by atoms with Gasteiger partial charge in [-0.1, -0.05) is 0 Å². The van der Waals surface area contributed by atoms with Gasteiger partial charge >= 0.3 is 0 Å². The third kappa shape index (κ3) is 1.76. The van der Waals surface area contributed by atoms with E-state index in [0.29, 0.717) is 5.92 Å². The average Bonchev–Trinajstić information content (AvgIpc) is 2.39. The second kappa shape index (κ2) is 4.14. The maximum atomic E-state index is 4.59. The number of fused-ring (bicyclic) bond motifs is 1. The van der Waals surface area contributed by atoms with Crippen molar-refractivity contribution in [1.82, 2.24) is 20.3 Å². The monoisotopic (exact) mass is 214 g/mol. The van der Waals surface area contributed by atoms with Gasteiger partial charge in [-0.05, 0) is 31.5 Å². The van der Waals surface area contributed by atoms with Crippen molar-refractivity contribution < 1.29 is 0 Å².